The van der Waals surface area contributed by atoms with Crippen LogP contribution in [0.5, 0.6) is 0 Å². The Kier molecular flexibility index (Phi) is 3.85. The lowest BCUT2D eigenvalue weighted by molar-refractivity contribution is 0.00902. The number of piperidine rings is 1. The number of likely N-dealkylation sites (tertiary alicyclic amines) is 1. The summed E-state index contributed by atoms with van der Waals surface area (Å²) >= 11 is 0. The van der Waals surface area contributed by atoms with Crippen LogP contribution in [0.1, 0.15) is 46.5 Å². The molecule has 0 aromatic rings. The lowest BCUT2D eigenvalue weighted by atomic mass is 9.88. The molecule has 2 aliphatic rings. The Balaban J connectivity index is 1.97. The minimum Gasteiger partial charge on any atom is -0.444 e. The van der Waals surface area contributed by atoms with Gasteiger partial charge in [-0.05, 0) is 58.3 Å². The van der Waals surface area contributed by atoms with Crippen molar-refractivity contribution in [3.63, 3.8) is 0 Å². The quantitative estimate of drug-likeness (QED) is 0.723. The van der Waals surface area contributed by atoms with Crippen LogP contribution in [0.4, 0.5) is 4.79 Å². The molecule has 0 aromatic carbocycles. The first-order chi connectivity index (χ1) is 8.33. The van der Waals surface area contributed by atoms with Gasteiger partial charge in [-0.25, -0.2) is 4.79 Å². The molecule has 1 heterocycles. The number of carbonyl (C=O) groups excluding carboxylic acids is 1. The fourth-order valence-corrected chi connectivity index (χ4v) is 3.10. The van der Waals surface area contributed by atoms with Crippen LogP contribution in [0.2, 0.25) is 0 Å². The van der Waals surface area contributed by atoms with E-state index in [4.69, 9.17) is 4.74 Å². The van der Waals surface area contributed by atoms with Crippen molar-refractivity contribution in [1.82, 2.24) is 4.90 Å². The predicted octanol–water partition coefficient (Wildman–Crippen LogP) is 2.40. The number of carbonyl (C=O) groups is 1. The normalized spacial score (nSPS) is 32.9. The summed E-state index contributed by atoms with van der Waals surface area (Å²) in [5.41, 5.74) is -0.431. The van der Waals surface area contributed by atoms with Crippen LogP contribution in [-0.2, 0) is 4.74 Å². The molecule has 1 aliphatic heterocycles. The lowest BCUT2D eigenvalue weighted by Gasteiger charge is -2.37. The fraction of sp³-hybridized carbons (Fsp3) is 0.929. The van der Waals surface area contributed by atoms with E-state index in [-0.39, 0.29) is 12.2 Å². The van der Waals surface area contributed by atoms with E-state index in [0.717, 1.165) is 38.8 Å². The van der Waals surface area contributed by atoms with Gasteiger partial charge in [-0.2, -0.15) is 0 Å². The smallest absolute Gasteiger partial charge is 0.410 e. The van der Waals surface area contributed by atoms with E-state index in [1.54, 1.807) is 0 Å². The Morgan fingerprint density at radius 1 is 1.17 bits per heavy atom. The molecule has 1 aliphatic carbocycles. The molecular formula is C14H25NO3. The van der Waals surface area contributed by atoms with Crippen LogP contribution >= 0.6 is 0 Å². The molecule has 1 saturated heterocycles. The molecule has 1 N–H and O–H groups in total. The third-order valence-corrected chi connectivity index (χ3v) is 3.79. The van der Waals surface area contributed by atoms with E-state index in [0.29, 0.717) is 11.8 Å². The van der Waals surface area contributed by atoms with Gasteiger partial charge >= 0.3 is 6.09 Å². The van der Waals surface area contributed by atoms with Crippen LogP contribution < -0.4 is 0 Å². The van der Waals surface area contributed by atoms with Gasteiger partial charge in [0, 0.05) is 13.1 Å². The van der Waals surface area contributed by atoms with Gasteiger partial charge in [-0.1, -0.05) is 0 Å². The van der Waals surface area contributed by atoms with E-state index in [1.807, 2.05) is 25.7 Å². The predicted molar refractivity (Wildman–Crippen MR) is 69.3 cm³/mol. The molecule has 0 spiro atoms. The summed E-state index contributed by atoms with van der Waals surface area (Å²) in [5, 5.41) is 9.81. The molecule has 0 radical (unpaired) electrons. The van der Waals surface area contributed by atoms with Gasteiger partial charge in [0.05, 0.1) is 6.10 Å². The van der Waals surface area contributed by atoms with Crippen molar-refractivity contribution in [2.45, 2.75) is 58.2 Å². The second-order valence-corrected chi connectivity index (χ2v) is 6.82. The van der Waals surface area contributed by atoms with Gasteiger partial charge in [0.1, 0.15) is 5.60 Å². The number of hydrogen-bond donors (Lipinski definition) is 1. The molecule has 4 heteroatoms. The van der Waals surface area contributed by atoms with Crippen LogP contribution in [0.15, 0.2) is 0 Å². The lowest BCUT2D eigenvalue weighted by Crippen LogP contribution is -2.45. The minimum absolute atomic E-state index is 0.182. The average molecular weight is 255 g/mol. The monoisotopic (exact) mass is 255 g/mol. The molecule has 2 rings (SSSR count). The zero-order valence-electron chi connectivity index (χ0n) is 11.7. The van der Waals surface area contributed by atoms with E-state index < -0.39 is 5.60 Å². The summed E-state index contributed by atoms with van der Waals surface area (Å²) in [6.07, 6.45) is 3.50. The Morgan fingerprint density at radius 3 is 2.50 bits per heavy atom. The maximum absolute atomic E-state index is 12.1. The molecule has 1 saturated carbocycles. The number of nitrogens with zero attached hydrogens (tertiary/aromatic N) is 1. The molecule has 2 unspecified atom stereocenters. The molecule has 1 amide bonds. The first-order valence-electron chi connectivity index (χ1n) is 6.99. The van der Waals surface area contributed by atoms with Gasteiger partial charge < -0.3 is 14.7 Å². The van der Waals surface area contributed by atoms with E-state index in [9.17, 15) is 9.90 Å². The van der Waals surface area contributed by atoms with Gasteiger partial charge in [0.15, 0.2) is 0 Å². The van der Waals surface area contributed by atoms with Gasteiger partial charge in [0.2, 0.25) is 0 Å². The molecule has 2 bridgehead atoms. The van der Waals surface area contributed by atoms with Gasteiger partial charge in [0.25, 0.3) is 0 Å². The van der Waals surface area contributed by atoms with Crippen molar-refractivity contribution in [3.05, 3.63) is 0 Å². The maximum atomic E-state index is 12.1. The van der Waals surface area contributed by atoms with Crippen LogP contribution in [-0.4, -0.2) is 40.9 Å². The number of aliphatic hydroxyl groups excluding tert-OH is 1. The van der Waals surface area contributed by atoms with E-state index in [2.05, 4.69) is 0 Å². The summed E-state index contributed by atoms with van der Waals surface area (Å²) < 4.78 is 5.43. The van der Waals surface area contributed by atoms with Crippen LogP contribution in [0.25, 0.3) is 0 Å². The maximum Gasteiger partial charge on any atom is 0.410 e. The Morgan fingerprint density at radius 2 is 1.83 bits per heavy atom. The standard InChI is InChI=1S/C14H25NO3/c1-14(2,3)18-13(17)15-8-10-4-5-12(16)7-11(6-10)9-15/h10-12,16H,4-9H2,1-3H3/t10?,11?,12-/m1/s1. The zero-order chi connectivity index (χ0) is 13.3. The number of amides is 1. The summed E-state index contributed by atoms with van der Waals surface area (Å²) in [7, 11) is 0. The highest BCUT2D eigenvalue weighted by molar-refractivity contribution is 5.68. The minimum atomic E-state index is -0.431. The van der Waals surface area contributed by atoms with Crippen molar-refractivity contribution < 1.29 is 14.6 Å². The molecule has 104 valence electrons. The van der Waals surface area contributed by atoms with Crippen molar-refractivity contribution in [1.29, 1.82) is 0 Å². The van der Waals surface area contributed by atoms with Crippen molar-refractivity contribution >= 4 is 6.09 Å². The van der Waals surface area contributed by atoms with E-state index in [1.165, 1.54) is 0 Å². The fourth-order valence-electron chi connectivity index (χ4n) is 3.10. The van der Waals surface area contributed by atoms with Crippen LogP contribution in [0.3, 0.4) is 0 Å². The molecule has 18 heavy (non-hydrogen) atoms. The summed E-state index contributed by atoms with van der Waals surface area (Å²) in [6.45, 7) is 7.21. The average Bonchev–Trinajstić information content (AvgIpc) is 2.35. The van der Waals surface area contributed by atoms with Gasteiger partial charge in [-0.3, -0.25) is 0 Å². The summed E-state index contributed by atoms with van der Waals surface area (Å²) in [6, 6.07) is 0. The molecule has 0 aromatic heterocycles. The highest BCUT2D eigenvalue weighted by Gasteiger charge is 2.35. The number of hydrogen-bond acceptors (Lipinski definition) is 3. The number of rotatable bonds is 0. The molecule has 3 atom stereocenters. The number of ether oxygens (including phenoxy) is 1. The Bertz CT molecular complexity index is 309. The van der Waals surface area contributed by atoms with Crippen molar-refractivity contribution in [2.24, 2.45) is 11.8 Å². The van der Waals surface area contributed by atoms with Crippen LogP contribution in [0, 0.1) is 11.8 Å². The first-order valence-corrected chi connectivity index (χ1v) is 6.99. The van der Waals surface area contributed by atoms with Gasteiger partial charge in [-0.15, -0.1) is 0 Å². The topological polar surface area (TPSA) is 49.8 Å². The van der Waals surface area contributed by atoms with Crippen molar-refractivity contribution in [3.8, 4) is 0 Å². The summed E-state index contributed by atoms with van der Waals surface area (Å²) in [4.78, 5) is 13.9. The zero-order valence-corrected chi connectivity index (χ0v) is 11.7. The number of aliphatic hydroxyl groups is 1. The largest absolute Gasteiger partial charge is 0.444 e. The third-order valence-electron chi connectivity index (χ3n) is 3.79. The third kappa shape index (κ3) is 3.61. The molecule has 4 nitrogen and oxygen atoms in total. The molecular weight excluding hydrogens is 230 g/mol. The van der Waals surface area contributed by atoms with Crippen molar-refractivity contribution in [2.75, 3.05) is 13.1 Å². The SMILES string of the molecule is CC(C)(C)OC(=O)N1CC2CC[C@@H](O)CC(C2)C1. The second kappa shape index (κ2) is 5.08. The number of fused-ring (bicyclic) bond motifs is 2. The second-order valence-electron chi connectivity index (χ2n) is 6.82. The van der Waals surface area contributed by atoms with E-state index >= 15 is 0 Å². The Labute approximate surface area is 109 Å². The highest BCUT2D eigenvalue weighted by Crippen LogP contribution is 2.33. The Hall–Kier alpha value is -0.770. The highest BCUT2D eigenvalue weighted by atomic mass is 16.6. The first kappa shape index (κ1) is 13.7. The molecule has 2 fully saturated rings. The summed E-state index contributed by atoms with van der Waals surface area (Å²) in [5.74, 6) is 0.974.